The number of anilines is 1. The number of benzene rings is 1. The fourth-order valence-electron chi connectivity index (χ4n) is 2.22. The van der Waals surface area contributed by atoms with Crippen LogP contribution in [0, 0.1) is 25.7 Å². The maximum Gasteiger partial charge on any atom is 0.308 e. The van der Waals surface area contributed by atoms with Gasteiger partial charge < -0.3 is 10.0 Å². The van der Waals surface area contributed by atoms with Gasteiger partial charge in [-0.15, -0.1) is 0 Å². The Morgan fingerprint density at radius 2 is 2.00 bits per heavy atom. The minimum Gasteiger partial charge on any atom is -0.481 e. The summed E-state index contributed by atoms with van der Waals surface area (Å²) in [5.41, 5.74) is 2.92. The van der Waals surface area contributed by atoms with E-state index in [2.05, 4.69) is 0 Å². The van der Waals surface area contributed by atoms with Crippen LogP contribution >= 0.6 is 0 Å². The second-order valence-electron chi connectivity index (χ2n) is 5.75. The van der Waals surface area contributed by atoms with Crippen LogP contribution in [0.25, 0.3) is 0 Å². The Morgan fingerprint density at radius 3 is 2.55 bits per heavy atom. The van der Waals surface area contributed by atoms with Crippen LogP contribution in [0.3, 0.4) is 0 Å². The third-order valence-corrected chi connectivity index (χ3v) is 3.73. The molecular weight excluding hydrogens is 254 g/mol. The molecule has 20 heavy (non-hydrogen) atoms. The molecule has 1 amide bonds. The molecule has 0 spiro atoms. The van der Waals surface area contributed by atoms with E-state index >= 15 is 0 Å². The number of amides is 1. The molecule has 0 saturated heterocycles. The number of nitrogens with zero attached hydrogens (tertiary/aromatic N) is 1. The van der Waals surface area contributed by atoms with Gasteiger partial charge in [0.25, 0.3) is 0 Å². The van der Waals surface area contributed by atoms with Gasteiger partial charge in [-0.1, -0.05) is 19.1 Å². The Kier molecular flexibility index (Phi) is 4.12. The highest BCUT2D eigenvalue weighted by Gasteiger charge is 2.35. The van der Waals surface area contributed by atoms with Crippen LogP contribution in [0.15, 0.2) is 18.2 Å². The predicted molar refractivity (Wildman–Crippen MR) is 77.8 cm³/mol. The van der Waals surface area contributed by atoms with Crippen LogP contribution in [-0.2, 0) is 9.59 Å². The van der Waals surface area contributed by atoms with Crippen LogP contribution in [0.2, 0.25) is 0 Å². The molecular formula is C16H21NO3. The molecule has 1 aromatic rings. The van der Waals surface area contributed by atoms with Crippen LogP contribution in [0.4, 0.5) is 5.69 Å². The van der Waals surface area contributed by atoms with E-state index in [4.69, 9.17) is 5.11 Å². The Balaban J connectivity index is 2.32. The second-order valence-corrected chi connectivity index (χ2v) is 5.75. The van der Waals surface area contributed by atoms with E-state index in [1.54, 1.807) is 11.8 Å². The third-order valence-electron chi connectivity index (χ3n) is 3.73. The predicted octanol–water partition coefficient (Wildman–Crippen LogP) is 2.77. The fraction of sp³-hybridized carbons (Fsp3) is 0.500. The molecule has 1 atom stereocenters. The minimum atomic E-state index is -0.871. The van der Waals surface area contributed by atoms with Crippen molar-refractivity contribution in [1.29, 1.82) is 0 Å². The molecule has 2 rings (SSSR count). The molecule has 0 heterocycles. The first-order chi connectivity index (χ1) is 9.40. The smallest absolute Gasteiger partial charge is 0.308 e. The average Bonchev–Trinajstić information content (AvgIpc) is 3.22. The summed E-state index contributed by atoms with van der Waals surface area (Å²) in [5.74, 6) is -1.30. The van der Waals surface area contributed by atoms with Crippen LogP contribution in [-0.4, -0.2) is 23.5 Å². The average molecular weight is 275 g/mol. The number of hydrogen-bond acceptors (Lipinski definition) is 2. The van der Waals surface area contributed by atoms with Crippen molar-refractivity contribution in [3.8, 4) is 0 Å². The van der Waals surface area contributed by atoms with Crippen molar-refractivity contribution in [3.05, 3.63) is 29.3 Å². The SMILES string of the molecule is Cc1ccc(C)c(N(CC(C)C(=O)O)C(=O)C2CC2)c1. The molecule has 1 aromatic carbocycles. The summed E-state index contributed by atoms with van der Waals surface area (Å²) in [6.45, 7) is 5.80. The molecule has 4 heteroatoms. The molecule has 4 nitrogen and oxygen atoms in total. The zero-order valence-corrected chi connectivity index (χ0v) is 12.2. The molecule has 1 saturated carbocycles. The quantitative estimate of drug-likeness (QED) is 0.899. The number of hydrogen-bond donors (Lipinski definition) is 1. The van der Waals surface area contributed by atoms with Crippen molar-refractivity contribution in [2.75, 3.05) is 11.4 Å². The lowest BCUT2D eigenvalue weighted by Gasteiger charge is -2.26. The summed E-state index contributed by atoms with van der Waals surface area (Å²) in [6.07, 6.45) is 1.84. The van der Waals surface area contributed by atoms with Crippen LogP contribution in [0.1, 0.15) is 30.9 Å². The summed E-state index contributed by atoms with van der Waals surface area (Å²) < 4.78 is 0. The maximum absolute atomic E-state index is 12.5. The summed E-state index contributed by atoms with van der Waals surface area (Å²) in [4.78, 5) is 25.2. The number of rotatable bonds is 5. The molecule has 1 aliphatic carbocycles. The van der Waals surface area contributed by atoms with E-state index in [-0.39, 0.29) is 18.4 Å². The van der Waals surface area contributed by atoms with Gasteiger partial charge in [0.05, 0.1) is 5.92 Å². The van der Waals surface area contributed by atoms with Crippen molar-refractivity contribution in [1.82, 2.24) is 0 Å². The number of carbonyl (C=O) groups is 2. The zero-order valence-electron chi connectivity index (χ0n) is 12.2. The lowest BCUT2D eigenvalue weighted by atomic mass is 10.1. The summed E-state index contributed by atoms with van der Waals surface area (Å²) in [7, 11) is 0. The van der Waals surface area contributed by atoms with Gasteiger partial charge in [0, 0.05) is 18.2 Å². The first-order valence-electron chi connectivity index (χ1n) is 7.01. The highest BCUT2D eigenvalue weighted by Crippen LogP contribution is 2.34. The molecule has 1 N–H and O–H groups in total. The Labute approximate surface area is 119 Å². The largest absolute Gasteiger partial charge is 0.481 e. The van der Waals surface area contributed by atoms with E-state index in [1.807, 2.05) is 32.0 Å². The highest BCUT2D eigenvalue weighted by molar-refractivity contribution is 5.97. The van der Waals surface area contributed by atoms with Crippen molar-refractivity contribution >= 4 is 17.6 Å². The van der Waals surface area contributed by atoms with Gasteiger partial charge in [0.2, 0.25) is 5.91 Å². The Bertz CT molecular complexity index is 535. The van der Waals surface area contributed by atoms with Crippen molar-refractivity contribution in [2.45, 2.75) is 33.6 Å². The number of carbonyl (C=O) groups excluding carboxylic acids is 1. The standard InChI is InChI=1S/C16H21NO3/c1-10-4-5-11(2)14(8-10)17(9-12(3)16(19)20)15(18)13-6-7-13/h4-5,8,12-13H,6-7,9H2,1-3H3,(H,19,20). The lowest BCUT2D eigenvalue weighted by molar-refractivity contribution is -0.140. The first-order valence-corrected chi connectivity index (χ1v) is 7.01. The molecule has 0 aromatic heterocycles. The lowest BCUT2D eigenvalue weighted by Crippen LogP contribution is -2.38. The van der Waals surface area contributed by atoms with Gasteiger partial charge >= 0.3 is 5.97 Å². The highest BCUT2D eigenvalue weighted by atomic mass is 16.4. The van der Waals surface area contributed by atoms with E-state index in [1.165, 1.54) is 0 Å². The fourth-order valence-corrected chi connectivity index (χ4v) is 2.22. The molecule has 1 fully saturated rings. The van der Waals surface area contributed by atoms with Gasteiger partial charge in [-0.05, 0) is 43.9 Å². The maximum atomic E-state index is 12.5. The molecule has 0 bridgehead atoms. The molecule has 1 aliphatic rings. The van der Waals surface area contributed by atoms with E-state index in [9.17, 15) is 9.59 Å². The van der Waals surface area contributed by atoms with E-state index in [0.29, 0.717) is 0 Å². The van der Waals surface area contributed by atoms with Crippen molar-refractivity contribution in [3.63, 3.8) is 0 Å². The monoisotopic (exact) mass is 275 g/mol. The van der Waals surface area contributed by atoms with Gasteiger partial charge in [-0.2, -0.15) is 0 Å². The number of aryl methyl sites for hydroxylation is 2. The van der Waals surface area contributed by atoms with Crippen molar-refractivity contribution < 1.29 is 14.7 Å². The van der Waals surface area contributed by atoms with Crippen LogP contribution < -0.4 is 4.90 Å². The van der Waals surface area contributed by atoms with Crippen LogP contribution in [0.5, 0.6) is 0 Å². The number of carboxylic acid groups (broad SMARTS) is 1. The normalized spacial score (nSPS) is 15.8. The molecule has 0 radical (unpaired) electrons. The van der Waals surface area contributed by atoms with E-state index < -0.39 is 11.9 Å². The van der Waals surface area contributed by atoms with E-state index in [0.717, 1.165) is 29.7 Å². The molecule has 108 valence electrons. The minimum absolute atomic E-state index is 0.0619. The first kappa shape index (κ1) is 14.6. The number of carboxylic acids is 1. The summed E-state index contributed by atoms with van der Waals surface area (Å²) >= 11 is 0. The Morgan fingerprint density at radius 1 is 1.35 bits per heavy atom. The summed E-state index contributed by atoms with van der Waals surface area (Å²) in [5, 5.41) is 9.10. The molecule has 1 unspecified atom stereocenters. The third kappa shape index (κ3) is 3.18. The van der Waals surface area contributed by atoms with Crippen molar-refractivity contribution in [2.24, 2.45) is 11.8 Å². The summed E-state index contributed by atoms with van der Waals surface area (Å²) in [6, 6.07) is 5.94. The van der Waals surface area contributed by atoms with Gasteiger partial charge in [0.15, 0.2) is 0 Å². The van der Waals surface area contributed by atoms with Gasteiger partial charge in [0.1, 0.15) is 0 Å². The van der Waals surface area contributed by atoms with Gasteiger partial charge in [-0.3, -0.25) is 9.59 Å². The molecule has 0 aliphatic heterocycles. The topological polar surface area (TPSA) is 57.6 Å². The Hall–Kier alpha value is -1.84. The second kappa shape index (κ2) is 5.65. The number of aliphatic carboxylic acids is 1. The van der Waals surface area contributed by atoms with Gasteiger partial charge in [-0.25, -0.2) is 0 Å². The zero-order chi connectivity index (χ0) is 14.9.